The predicted octanol–water partition coefficient (Wildman–Crippen LogP) is 17.2. The lowest BCUT2D eigenvalue weighted by Gasteiger charge is -2.28. The molecule has 12 rings (SSSR count). The third-order valence-corrected chi connectivity index (χ3v) is 14.3. The van der Waals surface area contributed by atoms with Crippen molar-refractivity contribution in [1.82, 2.24) is 0 Å². The summed E-state index contributed by atoms with van der Waals surface area (Å²) in [6.45, 7) is 0. The van der Waals surface area contributed by atoms with Crippen LogP contribution < -0.4 is 4.90 Å². The van der Waals surface area contributed by atoms with Gasteiger partial charge in [-0.15, -0.1) is 22.7 Å². The molecule has 0 N–H and O–H groups in total. The molecule has 0 atom stereocenters. The number of hydrogen-bond donors (Lipinski definition) is 0. The molecule has 0 aliphatic rings. The zero-order valence-electron chi connectivity index (χ0n) is 32.0. The fourth-order valence-corrected chi connectivity index (χ4v) is 11.5. The standard InChI is InChI=1S/C56H35NS2/c1-3-17-43-37(13-1)15-9-25-51(43)57(52-26-10-16-38-14-2-4-18-44(38)52)42-31-29-36(30-32-42)39-33-40(45-21-11-23-49-47-19-5-7-27-53(47)58-55(45)49)35-41(34-39)46-22-12-24-50-48-20-6-8-28-54(48)59-56(46)50/h1-35H. The fraction of sp³-hybridized carbons (Fsp3) is 0. The zero-order valence-corrected chi connectivity index (χ0v) is 33.6. The van der Waals surface area contributed by atoms with Crippen molar-refractivity contribution >= 4 is 102 Å². The minimum absolute atomic E-state index is 1.11. The van der Waals surface area contributed by atoms with Gasteiger partial charge in [-0.2, -0.15) is 0 Å². The van der Waals surface area contributed by atoms with Gasteiger partial charge in [0, 0.05) is 56.8 Å². The minimum Gasteiger partial charge on any atom is -0.309 e. The fourth-order valence-electron chi connectivity index (χ4n) is 9.07. The van der Waals surface area contributed by atoms with Gasteiger partial charge in [-0.05, 0) is 98.8 Å². The van der Waals surface area contributed by atoms with Gasteiger partial charge in [0.15, 0.2) is 0 Å². The number of thiophene rings is 2. The van der Waals surface area contributed by atoms with Gasteiger partial charge in [-0.1, -0.05) is 158 Å². The number of hydrogen-bond acceptors (Lipinski definition) is 3. The number of rotatable bonds is 6. The van der Waals surface area contributed by atoms with E-state index in [4.69, 9.17) is 0 Å². The van der Waals surface area contributed by atoms with Crippen molar-refractivity contribution in [1.29, 1.82) is 0 Å². The summed E-state index contributed by atoms with van der Waals surface area (Å²) in [6, 6.07) is 78.2. The van der Waals surface area contributed by atoms with Gasteiger partial charge >= 0.3 is 0 Å². The van der Waals surface area contributed by atoms with Crippen LogP contribution in [0, 0.1) is 0 Å². The topological polar surface area (TPSA) is 3.24 Å². The Morgan fingerprint density at radius 1 is 0.288 bits per heavy atom. The van der Waals surface area contributed by atoms with Crippen LogP contribution in [0.2, 0.25) is 0 Å². The van der Waals surface area contributed by atoms with Crippen molar-refractivity contribution in [3.05, 3.63) is 212 Å². The first kappa shape index (κ1) is 34.0. The number of nitrogens with zero attached hydrogens (tertiary/aromatic N) is 1. The van der Waals surface area contributed by atoms with Gasteiger partial charge in [0.1, 0.15) is 0 Å². The lowest BCUT2D eigenvalue weighted by Crippen LogP contribution is -2.11. The molecule has 0 unspecified atom stereocenters. The van der Waals surface area contributed by atoms with Gasteiger partial charge in [0.2, 0.25) is 0 Å². The van der Waals surface area contributed by atoms with Crippen LogP contribution in [0.15, 0.2) is 212 Å². The third-order valence-electron chi connectivity index (χ3n) is 11.8. The molecule has 10 aromatic carbocycles. The molecule has 2 aromatic heterocycles. The van der Waals surface area contributed by atoms with Gasteiger partial charge < -0.3 is 4.90 Å². The molecule has 59 heavy (non-hydrogen) atoms. The van der Waals surface area contributed by atoms with Crippen molar-refractivity contribution in [3.63, 3.8) is 0 Å². The van der Waals surface area contributed by atoms with E-state index in [1.165, 1.54) is 95.3 Å². The summed E-state index contributed by atoms with van der Waals surface area (Å²) in [5, 5.41) is 10.1. The quantitative estimate of drug-likeness (QED) is 0.162. The van der Waals surface area contributed by atoms with E-state index < -0.39 is 0 Å². The highest BCUT2D eigenvalue weighted by Crippen LogP contribution is 2.46. The van der Waals surface area contributed by atoms with Gasteiger partial charge in [0.05, 0.1) is 11.4 Å². The average Bonchev–Trinajstić information content (AvgIpc) is 3.88. The molecule has 2 heterocycles. The first-order valence-electron chi connectivity index (χ1n) is 20.1. The maximum atomic E-state index is 2.43. The monoisotopic (exact) mass is 785 g/mol. The van der Waals surface area contributed by atoms with E-state index in [1.807, 2.05) is 22.7 Å². The minimum atomic E-state index is 1.11. The average molecular weight is 786 g/mol. The summed E-state index contributed by atoms with van der Waals surface area (Å²) >= 11 is 3.78. The highest BCUT2D eigenvalue weighted by atomic mass is 32.1. The molecule has 12 aromatic rings. The number of fused-ring (bicyclic) bond motifs is 8. The van der Waals surface area contributed by atoms with Crippen molar-refractivity contribution in [3.8, 4) is 33.4 Å². The maximum absolute atomic E-state index is 2.43. The normalized spacial score (nSPS) is 11.7. The summed E-state index contributed by atoms with van der Waals surface area (Å²) < 4.78 is 5.29. The van der Waals surface area contributed by atoms with Crippen LogP contribution >= 0.6 is 22.7 Å². The summed E-state index contributed by atoms with van der Waals surface area (Å²) in [5.41, 5.74) is 10.8. The molecule has 0 spiro atoms. The summed E-state index contributed by atoms with van der Waals surface area (Å²) in [6.07, 6.45) is 0. The Kier molecular flexibility index (Phi) is 7.97. The van der Waals surface area contributed by atoms with Crippen LogP contribution in [0.4, 0.5) is 17.1 Å². The van der Waals surface area contributed by atoms with E-state index in [2.05, 4.69) is 217 Å². The van der Waals surface area contributed by atoms with Crippen molar-refractivity contribution in [2.24, 2.45) is 0 Å². The molecule has 276 valence electrons. The molecule has 0 bridgehead atoms. The Labute approximate surface area is 350 Å². The van der Waals surface area contributed by atoms with E-state index in [1.54, 1.807) is 0 Å². The molecule has 0 fully saturated rings. The Morgan fingerprint density at radius 2 is 0.695 bits per heavy atom. The van der Waals surface area contributed by atoms with Crippen molar-refractivity contribution in [2.75, 3.05) is 4.90 Å². The second-order valence-electron chi connectivity index (χ2n) is 15.2. The highest BCUT2D eigenvalue weighted by molar-refractivity contribution is 7.26. The molecule has 0 amide bonds. The van der Waals surface area contributed by atoms with Crippen molar-refractivity contribution < 1.29 is 0 Å². The Balaban J connectivity index is 1.06. The van der Waals surface area contributed by atoms with Crippen LogP contribution in [-0.2, 0) is 0 Å². The first-order valence-corrected chi connectivity index (χ1v) is 21.7. The third kappa shape index (κ3) is 5.66. The molecule has 0 saturated carbocycles. The summed E-state index contributed by atoms with van der Waals surface area (Å²) in [5.74, 6) is 0. The predicted molar refractivity (Wildman–Crippen MR) is 258 cm³/mol. The molecule has 0 aliphatic carbocycles. The molecule has 0 saturated heterocycles. The lowest BCUT2D eigenvalue weighted by atomic mass is 9.92. The zero-order chi connectivity index (χ0) is 38.9. The SMILES string of the molecule is c1ccc2c(N(c3ccc(-c4cc(-c5cccc6c5sc5ccccc56)cc(-c5cccc6c5sc5ccccc56)c4)cc3)c3cccc4ccccc34)cccc2c1. The van der Waals surface area contributed by atoms with Crippen LogP contribution in [0.5, 0.6) is 0 Å². The lowest BCUT2D eigenvalue weighted by molar-refractivity contribution is 1.31. The van der Waals surface area contributed by atoms with Crippen molar-refractivity contribution in [2.45, 2.75) is 0 Å². The van der Waals surface area contributed by atoms with E-state index in [0.29, 0.717) is 0 Å². The molecule has 0 aliphatic heterocycles. The van der Waals surface area contributed by atoms with E-state index in [-0.39, 0.29) is 0 Å². The van der Waals surface area contributed by atoms with Crippen LogP contribution in [0.3, 0.4) is 0 Å². The van der Waals surface area contributed by atoms with Gasteiger partial charge in [-0.25, -0.2) is 0 Å². The molecular formula is C56H35NS2. The van der Waals surface area contributed by atoms with Crippen LogP contribution in [0.25, 0.3) is 95.3 Å². The number of benzene rings is 10. The smallest absolute Gasteiger partial charge is 0.0540 e. The van der Waals surface area contributed by atoms with Crippen LogP contribution in [0.1, 0.15) is 0 Å². The summed E-state index contributed by atoms with van der Waals surface area (Å²) in [4.78, 5) is 2.43. The second-order valence-corrected chi connectivity index (χ2v) is 17.3. The van der Waals surface area contributed by atoms with Gasteiger partial charge in [0.25, 0.3) is 0 Å². The Hall–Kier alpha value is -7.04. The molecule has 0 radical (unpaired) electrons. The van der Waals surface area contributed by atoms with E-state index in [9.17, 15) is 0 Å². The number of anilines is 3. The Morgan fingerprint density at radius 3 is 1.22 bits per heavy atom. The first-order chi connectivity index (χ1) is 29.2. The molecule has 1 nitrogen and oxygen atoms in total. The molecule has 3 heteroatoms. The van der Waals surface area contributed by atoms with E-state index >= 15 is 0 Å². The van der Waals surface area contributed by atoms with Gasteiger partial charge in [-0.3, -0.25) is 0 Å². The van der Waals surface area contributed by atoms with Crippen LogP contribution in [-0.4, -0.2) is 0 Å². The molecular weight excluding hydrogens is 751 g/mol. The summed E-state index contributed by atoms with van der Waals surface area (Å²) in [7, 11) is 0. The second kappa shape index (κ2) is 13.8. The highest BCUT2D eigenvalue weighted by Gasteiger charge is 2.19. The van der Waals surface area contributed by atoms with E-state index in [0.717, 1.165) is 17.1 Å². The largest absolute Gasteiger partial charge is 0.309 e. The Bertz CT molecular complexity index is 3350. The maximum Gasteiger partial charge on any atom is 0.0540 e.